The quantitative estimate of drug-likeness (QED) is 0.419. The van der Waals surface area contributed by atoms with Crippen molar-refractivity contribution in [3.05, 3.63) is 66.4 Å². The molecule has 0 saturated heterocycles. The van der Waals surface area contributed by atoms with Gasteiger partial charge >= 0.3 is 5.97 Å². The van der Waals surface area contributed by atoms with Crippen molar-refractivity contribution in [2.75, 3.05) is 24.7 Å². The fraction of sp³-hybridized carbons (Fsp3) is 0.308. The van der Waals surface area contributed by atoms with Gasteiger partial charge in [-0.05, 0) is 49.1 Å². The lowest BCUT2D eigenvalue weighted by atomic mass is 10.1. The van der Waals surface area contributed by atoms with Gasteiger partial charge in [0, 0.05) is 42.0 Å². The number of nitrogens with zero attached hydrogens (tertiary/aromatic N) is 3. The molecule has 7 nitrogen and oxygen atoms in total. The van der Waals surface area contributed by atoms with E-state index in [1.54, 1.807) is 13.1 Å². The van der Waals surface area contributed by atoms with Crippen LogP contribution in [0.25, 0.3) is 11.3 Å². The molecule has 0 amide bonds. The Kier molecular flexibility index (Phi) is 7.49. The van der Waals surface area contributed by atoms with E-state index in [-0.39, 0.29) is 16.5 Å². The lowest BCUT2D eigenvalue weighted by molar-refractivity contribution is 0.0696. The maximum absolute atomic E-state index is 13.9. The highest BCUT2D eigenvalue weighted by Crippen LogP contribution is 2.43. The van der Waals surface area contributed by atoms with Crippen molar-refractivity contribution in [1.29, 1.82) is 0 Å². The highest BCUT2D eigenvalue weighted by atomic mass is 32.2. The van der Waals surface area contributed by atoms with Crippen LogP contribution in [0.5, 0.6) is 0 Å². The number of pyridine rings is 1. The fourth-order valence-electron chi connectivity index (χ4n) is 4.39. The lowest BCUT2D eigenvalue weighted by Crippen LogP contribution is -2.40. The number of fused-ring (bicyclic) bond motifs is 1. The molecule has 1 aliphatic heterocycles. The highest BCUT2D eigenvalue weighted by Gasteiger charge is 2.37. The summed E-state index contributed by atoms with van der Waals surface area (Å²) in [6, 6.07) is 16.1. The predicted octanol–water partition coefficient (Wildman–Crippen LogP) is 5.50. The first-order valence-corrected chi connectivity index (χ1v) is 14.2. The van der Waals surface area contributed by atoms with Crippen molar-refractivity contribution in [3.8, 4) is 11.3 Å². The number of aromatic nitrogens is 1. The van der Waals surface area contributed by atoms with Crippen molar-refractivity contribution in [2.45, 2.75) is 42.0 Å². The number of hydrogen-bond donors (Lipinski definition) is 1. The minimum Gasteiger partial charge on any atom is -0.478 e. The van der Waals surface area contributed by atoms with Gasteiger partial charge < -0.3 is 10.0 Å². The Bertz CT molecular complexity index is 1330. The van der Waals surface area contributed by atoms with Gasteiger partial charge in [0.1, 0.15) is 4.90 Å². The molecule has 0 saturated carbocycles. The summed E-state index contributed by atoms with van der Waals surface area (Å²) in [7, 11) is -2.17. The first-order chi connectivity index (χ1) is 16.8. The van der Waals surface area contributed by atoms with Crippen LogP contribution in [-0.4, -0.2) is 54.7 Å². The molecule has 0 spiro atoms. The molecule has 184 valence electrons. The summed E-state index contributed by atoms with van der Waals surface area (Å²) < 4.78 is 29.3. The third-order valence-electron chi connectivity index (χ3n) is 6.38. The molecule has 3 aromatic rings. The molecule has 0 radical (unpaired) electrons. The minimum absolute atomic E-state index is 0.0995. The molecule has 1 atom stereocenters. The van der Waals surface area contributed by atoms with E-state index in [0.29, 0.717) is 23.5 Å². The van der Waals surface area contributed by atoms with Crippen LogP contribution in [-0.2, 0) is 10.0 Å². The van der Waals surface area contributed by atoms with E-state index >= 15 is 0 Å². The number of anilines is 2. The van der Waals surface area contributed by atoms with Gasteiger partial charge in [-0.15, -0.1) is 11.8 Å². The number of sulfonamides is 1. The van der Waals surface area contributed by atoms with Crippen molar-refractivity contribution >= 4 is 39.1 Å². The van der Waals surface area contributed by atoms with E-state index in [4.69, 9.17) is 0 Å². The number of para-hydroxylation sites is 1. The lowest BCUT2D eigenvalue weighted by Gasteiger charge is -2.29. The molecule has 1 aliphatic rings. The Balaban J connectivity index is 1.97. The van der Waals surface area contributed by atoms with Crippen molar-refractivity contribution in [1.82, 2.24) is 9.29 Å². The molecule has 0 bridgehead atoms. The summed E-state index contributed by atoms with van der Waals surface area (Å²) in [6.07, 6.45) is 6.02. The monoisotopic (exact) mass is 511 g/mol. The van der Waals surface area contributed by atoms with Gasteiger partial charge in [-0.3, -0.25) is 4.98 Å². The number of carbonyl (C=O) groups is 1. The van der Waals surface area contributed by atoms with Crippen LogP contribution in [0.15, 0.2) is 70.6 Å². The number of carboxylic acid groups (broad SMARTS) is 1. The highest BCUT2D eigenvalue weighted by molar-refractivity contribution is 7.98. The number of unbranched alkanes of at least 4 members (excludes halogenated alkanes) is 1. The van der Waals surface area contributed by atoms with Gasteiger partial charge in [-0.1, -0.05) is 38.0 Å². The first-order valence-electron chi connectivity index (χ1n) is 11.5. The zero-order valence-electron chi connectivity index (χ0n) is 20.0. The standard InChI is InChI=1S/C26H29N3O4S2/c1-4-5-9-20-17-29(19-10-7-6-8-11-19)23-16-24(34-3)21(15-25(23)35(32,33)28(20)2)22-14-18(26(30)31)12-13-27-22/h6-8,10-16,20H,4-5,9,17H2,1-3H3,(H,30,31). The van der Waals surface area contributed by atoms with Crippen LogP contribution in [0.2, 0.25) is 0 Å². The van der Waals surface area contributed by atoms with Crippen molar-refractivity contribution in [2.24, 2.45) is 0 Å². The summed E-state index contributed by atoms with van der Waals surface area (Å²) >= 11 is 1.47. The van der Waals surface area contributed by atoms with E-state index in [0.717, 1.165) is 29.8 Å². The van der Waals surface area contributed by atoms with Gasteiger partial charge in [0.2, 0.25) is 10.0 Å². The zero-order valence-corrected chi connectivity index (χ0v) is 21.6. The summed E-state index contributed by atoms with van der Waals surface area (Å²) in [6.45, 7) is 2.64. The maximum Gasteiger partial charge on any atom is 0.335 e. The Morgan fingerprint density at radius 2 is 1.91 bits per heavy atom. The second-order valence-electron chi connectivity index (χ2n) is 8.52. The van der Waals surface area contributed by atoms with Crippen molar-refractivity contribution in [3.63, 3.8) is 0 Å². The summed E-state index contributed by atoms with van der Waals surface area (Å²) in [5.74, 6) is -1.06. The Hall–Kier alpha value is -2.88. The van der Waals surface area contributed by atoms with Crippen molar-refractivity contribution < 1.29 is 18.3 Å². The number of hydrogen-bond acceptors (Lipinski definition) is 6. The predicted molar refractivity (Wildman–Crippen MR) is 140 cm³/mol. The first kappa shape index (κ1) is 25.2. The number of rotatable bonds is 7. The second kappa shape index (κ2) is 10.4. The maximum atomic E-state index is 13.9. The molecular formula is C26H29N3O4S2. The molecule has 1 unspecified atom stereocenters. The Labute approximate surface area is 210 Å². The van der Waals surface area contributed by atoms with E-state index in [2.05, 4.69) is 16.8 Å². The Morgan fingerprint density at radius 3 is 2.57 bits per heavy atom. The van der Waals surface area contributed by atoms with E-state index in [9.17, 15) is 18.3 Å². The summed E-state index contributed by atoms with van der Waals surface area (Å²) in [4.78, 5) is 19.0. The number of carboxylic acids is 1. The molecule has 2 heterocycles. The van der Waals surface area contributed by atoms with Gasteiger partial charge in [0.15, 0.2) is 0 Å². The van der Waals surface area contributed by atoms with Gasteiger partial charge in [-0.25, -0.2) is 13.2 Å². The molecule has 9 heteroatoms. The normalized spacial score (nSPS) is 17.6. The molecule has 0 aliphatic carbocycles. The second-order valence-corrected chi connectivity index (χ2v) is 11.3. The zero-order chi connectivity index (χ0) is 25.2. The molecule has 0 fully saturated rings. The molecule has 4 rings (SSSR count). The van der Waals surface area contributed by atoms with Crippen LogP contribution >= 0.6 is 11.8 Å². The van der Waals surface area contributed by atoms with Gasteiger partial charge in [0.25, 0.3) is 0 Å². The van der Waals surface area contributed by atoms with Crippen LogP contribution in [0.1, 0.15) is 36.5 Å². The number of benzene rings is 2. The topological polar surface area (TPSA) is 90.8 Å². The average Bonchev–Trinajstić information content (AvgIpc) is 2.95. The average molecular weight is 512 g/mol. The third-order valence-corrected chi connectivity index (χ3v) is 9.09. The molecule has 1 N–H and O–H groups in total. The van der Waals surface area contributed by atoms with E-state index < -0.39 is 16.0 Å². The Morgan fingerprint density at radius 1 is 1.17 bits per heavy atom. The summed E-state index contributed by atoms with van der Waals surface area (Å²) in [5.41, 5.74) is 2.66. The molecule has 35 heavy (non-hydrogen) atoms. The van der Waals surface area contributed by atoms with E-state index in [1.165, 1.54) is 34.4 Å². The largest absolute Gasteiger partial charge is 0.478 e. The number of thioether (sulfide) groups is 1. The minimum atomic E-state index is -3.82. The van der Waals surface area contributed by atoms with E-state index in [1.807, 2.05) is 42.7 Å². The van der Waals surface area contributed by atoms with Gasteiger partial charge in [-0.2, -0.15) is 4.31 Å². The smallest absolute Gasteiger partial charge is 0.335 e. The van der Waals surface area contributed by atoms with Crippen LogP contribution in [0, 0.1) is 0 Å². The summed E-state index contributed by atoms with van der Waals surface area (Å²) in [5, 5.41) is 9.45. The van der Waals surface area contributed by atoms with Crippen LogP contribution in [0.4, 0.5) is 11.4 Å². The van der Waals surface area contributed by atoms with Gasteiger partial charge in [0.05, 0.1) is 16.9 Å². The molecular weight excluding hydrogens is 482 g/mol. The molecule has 1 aromatic heterocycles. The number of aromatic carboxylic acids is 1. The number of likely N-dealkylation sites (N-methyl/N-ethyl adjacent to an activating group) is 1. The third kappa shape index (κ3) is 4.94. The van der Waals surface area contributed by atoms with Crippen LogP contribution in [0.3, 0.4) is 0 Å². The van der Waals surface area contributed by atoms with Crippen LogP contribution < -0.4 is 4.90 Å². The SMILES string of the molecule is CCCCC1CN(c2ccccc2)c2cc(SC)c(-c3cc(C(=O)O)ccn3)cc2S(=O)(=O)N1C. The molecule has 2 aromatic carbocycles. The fourth-order valence-corrected chi connectivity index (χ4v) is 6.58.